The van der Waals surface area contributed by atoms with Crippen molar-refractivity contribution in [1.29, 1.82) is 0 Å². The van der Waals surface area contributed by atoms with Crippen LogP contribution in [0.3, 0.4) is 0 Å². The Morgan fingerprint density at radius 3 is 1.67 bits per heavy atom. The molecule has 1 fully saturated rings. The van der Waals surface area contributed by atoms with E-state index in [1.54, 1.807) is 14.1 Å². The quantitative estimate of drug-likeness (QED) is 0.286. The minimum absolute atomic E-state index is 0. The zero-order chi connectivity index (χ0) is 8.59. The molecule has 0 saturated carbocycles. The van der Waals surface area contributed by atoms with Crippen LogP contribution in [0.4, 0.5) is 0 Å². The summed E-state index contributed by atoms with van der Waals surface area (Å²) >= 11 is 2.53. The average molecular weight is 415 g/mol. The topological polar surface area (TPSA) is 40.6 Å². The molecule has 0 aliphatic carbocycles. The predicted octanol–water partition coefficient (Wildman–Crippen LogP) is -1.12. The van der Waals surface area contributed by atoms with E-state index >= 15 is 0 Å². The molecule has 0 atom stereocenters. The molecular weight excluding hydrogens is 408 g/mol. The van der Waals surface area contributed by atoms with E-state index < -0.39 is 0 Å². The molecule has 0 bridgehead atoms. The van der Waals surface area contributed by atoms with Gasteiger partial charge in [-0.3, -0.25) is 0 Å². The van der Waals surface area contributed by atoms with E-state index in [1.165, 1.54) is 15.0 Å². The van der Waals surface area contributed by atoms with Gasteiger partial charge in [-0.25, -0.2) is 0 Å². The Morgan fingerprint density at radius 2 is 1.50 bits per heavy atom. The third-order valence-corrected chi connectivity index (χ3v) is 2.11. The Labute approximate surface area is 94.2 Å². The summed E-state index contributed by atoms with van der Waals surface area (Å²) in [6, 6.07) is 0. The maximum atomic E-state index is 11.1. The molecule has 0 aromatic carbocycles. The van der Waals surface area contributed by atoms with Crippen molar-refractivity contribution in [3.05, 3.63) is 10.5 Å². The first-order chi connectivity index (χ1) is 5.09. The normalized spacial score (nSPS) is 16.7. The minimum atomic E-state index is -0.267. The molecule has 4 nitrogen and oxygen atoms in total. The van der Waals surface area contributed by atoms with E-state index in [-0.39, 0.29) is 39.8 Å². The first-order valence-electron chi connectivity index (χ1n) is 2.97. The van der Waals surface area contributed by atoms with Gasteiger partial charge in [0.25, 0.3) is 0 Å². The van der Waals surface area contributed by atoms with Crippen molar-refractivity contribution in [3.63, 3.8) is 0 Å². The molecule has 0 aromatic rings. The average Bonchev–Trinajstić information content (AvgIpc) is 2.17. The molecule has 70 valence electrons. The third-order valence-electron chi connectivity index (χ3n) is 1.62. The van der Waals surface area contributed by atoms with Crippen LogP contribution in [0.25, 0.3) is 0 Å². The summed E-state index contributed by atoms with van der Waals surface area (Å²) < 4.78 is 0. The minimum Gasteiger partial charge on any atom is 0 e. The molecular formula is C6H7AuN2O2Se. The third kappa shape index (κ3) is 1.65. The monoisotopic (exact) mass is 416 g/mol. The van der Waals surface area contributed by atoms with Gasteiger partial charge < -0.3 is 0 Å². The Kier molecular flexibility index (Phi) is 4.23. The van der Waals surface area contributed by atoms with Crippen LogP contribution < -0.4 is 0 Å². The standard InChI is InChI=1S/C6H7N2O2Se.Au/c1-7-5(9)4(3-11)6(10)8(7)2;/h3H,1-2H3;. The first-order valence-corrected chi connectivity index (χ1v) is 3.96. The molecule has 2 radical (unpaired) electrons. The SMILES string of the molecule is CN1C(=O)C(=C[Se])C(=O)N1C.[Au]. The number of rotatable bonds is 0. The van der Waals surface area contributed by atoms with Gasteiger partial charge in [0.2, 0.25) is 0 Å². The molecule has 12 heavy (non-hydrogen) atoms. The fourth-order valence-corrected chi connectivity index (χ4v) is 1.24. The molecule has 1 aliphatic rings. The van der Waals surface area contributed by atoms with Gasteiger partial charge >= 0.3 is 72.1 Å². The van der Waals surface area contributed by atoms with Gasteiger partial charge in [0.1, 0.15) is 0 Å². The summed E-state index contributed by atoms with van der Waals surface area (Å²) in [7, 11) is 3.10. The van der Waals surface area contributed by atoms with E-state index in [0.29, 0.717) is 0 Å². The zero-order valence-corrected chi connectivity index (χ0v) is 10.4. The second kappa shape index (κ2) is 4.25. The van der Waals surface area contributed by atoms with E-state index in [0.717, 1.165) is 0 Å². The van der Waals surface area contributed by atoms with Crippen molar-refractivity contribution < 1.29 is 32.0 Å². The van der Waals surface area contributed by atoms with E-state index in [9.17, 15) is 9.59 Å². The number of carbonyl (C=O) groups is 2. The Bertz CT molecular complexity index is 232. The number of hydrogen-bond donors (Lipinski definition) is 0. The van der Waals surface area contributed by atoms with Crippen LogP contribution in [0.5, 0.6) is 0 Å². The Hall–Kier alpha value is -0.0603. The number of amides is 2. The van der Waals surface area contributed by atoms with Crippen LogP contribution in [-0.4, -0.2) is 51.9 Å². The summed E-state index contributed by atoms with van der Waals surface area (Å²) in [6.45, 7) is 0. The number of likely N-dealkylation sites (N-methyl/N-ethyl adjacent to an activating group) is 2. The predicted molar refractivity (Wildman–Crippen MR) is 39.4 cm³/mol. The number of hydrogen-bond acceptors (Lipinski definition) is 2. The second-order valence-corrected chi connectivity index (χ2v) is 2.68. The Morgan fingerprint density at radius 1 is 1.17 bits per heavy atom. The van der Waals surface area contributed by atoms with Gasteiger partial charge in [0, 0.05) is 22.4 Å². The fraction of sp³-hybridized carbons (Fsp3) is 0.333. The number of carbonyl (C=O) groups excluding carboxylic acids is 2. The maximum absolute atomic E-state index is 11.1. The molecule has 6 heteroatoms. The Balaban J connectivity index is 0.00000121. The van der Waals surface area contributed by atoms with E-state index in [2.05, 4.69) is 16.0 Å². The second-order valence-electron chi connectivity index (χ2n) is 2.19. The molecule has 2 amide bonds. The van der Waals surface area contributed by atoms with Gasteiger partial charge in [0.05, 0.1) is 0 Å². The van der Waals surface area contributed by atoms with Crippen LogP contribution in [0.15, 0.2) is 10.5 Å². The van der Waals surface area contributed by atoms with E-state index in [1.807, 2.05) is 0 Å². The molecule has 0 unspecified atom stereocenters. The smallest absolute Gasteiger partial charge is 0 e. The van der Waals surface area contributed by atoms with Gasteiger partial charge in [-0.05, 0) is 0 Å². The van der Waals surface area contributed by atoms with E-state index in [4.69, 9.17) is 0 Å². The number of hydrazine groups is 1. The largest absolute Gasteiger partial charge is 0 e. The molecule has 1 rings (SSSR count). The van der Waals surface area contributed by atoms with Gasteiger partial charge in [-0.15, -0.1) is 0 Å². The summed E-state index contributed by atoms with van der Waals surface area (Å²) in [5, 5.41) is 2.54. The molecule has 0 aromatic heterocycles. The van der Waals surface area contributed by atoms with Crippen molar-refractivity contribution >= 4 is 27.8 Å². The van der Waals surface area contributed by atoms with Crippen molar-refractivity contribution in [1.82, 2.24) is 10.0 Å². The molecule has 1 heterocycles. The van der Waals surface area contributed by atoms with Crippen LogP contribution in [0.1, 0.15) is 0 Å². The maximum Gasteiger partial charge on any atom is 0 e. The van der Waals surface area contributed by atoms with Crippen LogP contribution in [0, 0.1) is 0 Å². The molecule has 0 spiro atoms. The van der Waals surface area contributed by atoms with Crippen molar-refractivity contribution in [2.45, 2.75) is 0 Å². The summed E-state index contributed by atoms with van der Waals surface area (Å²) in [5.41, 5.74) is 0.190. The molecule has 1 aliphatic heterocycles. The molecule has 1 saturated heterocycles. The van der Waals surface area contributed by atoms with Crippen LogP contribution >= 0.6 is 0 Å². The van der Waals surface area contributed by atoms with Crippen molar-refractivity contribution in [2.75, 3.05) is 14.1 Å². The summed E-state index contributed by atoms with van der Waals surface area (Å²) in [5.74, 6) is -0.535. The van der Waals surface area contributed by atoms with Crippen molar-refractivity contribution in [2.24, 2.45) is 0 Å². The summed E-state index contributed by atoms with van der Waals surface area (Å²) in [4.78, 5) is 23.7. The van der Waals surface area contributed by atoms with Crippen molar-refractivity contribution in [3.8, 4) is 0 Å². The van der Waals surface area contributed by atoms with Crippen LogP contribution in [0.2, 0.25) is 0 Å². The van der Waals surface area contributed by atoms with Gasteiger partial charge in [0.15, 0.2) is 0 Å². The van der Waals surface area contributed by atoms with Gasteiger partial charge in [-0.1, -0.05) is 0 Å². The first kappa shape index (κ1) is 11.9. The molecule has 0 N–H and O–H groups in total. The number of nitrogens with zero attached hydrogens (tertiary/aromatic N) is 2. The summed E-state index contributed by atoms with van der Waals surface area (Å²) in [6.07, 6.45) is 0. The van der Waals surface area contributed by atoms with Crippen LogP contribution in [-0.2, 0) is 32.0 Å². The fourth-order valence-electron chi connectivity index (χ4n) is 0.813. The zero-order valence-electron chi connectivity index (χ0n) is 6.50. The van der Waals surface area contributed by atoms with Gasteiger partial charge in [-0.2, -0.15) is 0 Å².